The predicted octanol–water partition coefficient (Wildman–Crippen LogP) is 3.27. The number of anilines is 1. The molecule has 1 aromatic heterocycles. The summed E-state index contributed by atoms with van der Waals surface area (Å²) in [5, 5.41) is 0.890. The van der Waals surface area contributed by atoms with Crippen molar-refractivity contribution in [3.63, 3.8) is 0 Å². The molecule has 6 heteroatoms. The molecule has 1 amide bonds. The van der Waals surface area contributed by atoms with Crippen LogP contribution in [0.5, 0.6) is 0 Å². The molecule has 1 atom stereocenters. The van der Waals surface area contributed by atoms with Gasteiger partial charge in [0.25, 0.3) is 0 Å². The van der Waals surface area contributed by atoms with E-state index in [0.717, 1.165) is 47.8 Å². The van der Waals surface area contributed by atoms with E-state index in [9.17, 15) is 9.18 Å². The van der Waals surface area contributed by atoms with Crippen molar-refractivity contribution in [3.05, 3.63) is 24.0 Å². The average Bonchev–Trinajstić information content (AvgIpc) is 2.88. The lowest BCUT2D eigenvalue weighted by molar-refractivity contribution is -0.139. The molecule has 2 fully saturated rings. The van der Waals surface area contributed by atoms with Gasteiger partial charge in [-0.1, -0.05) is 11.3 Å². The second-order valence-corrected chi connectivity index (χ2v) is 7.60. The van der Waals surface area contributed by atoms with Gasteiger partial charge in [-0.3, -0.25) is 4.79 Å². The SMILES string of the molecule is CC1CCCCN1C(=O)C1CN(c2nc3ccc(F)cc3s2)C1. The normalized spacial score (nSPS) is 22.4. The van der Waals surface area contributed by atoms with Gasteiger partial charge in [-0.25, -0.2) is 9.37 Å². The predicted molar refractivity (Wildman–Crippen MR) is 90.3 cm³/mol. The summed E-state index contributed by atoms with van der Waals surface area (Å²) >= 11 is 1.50. The van der Waals surface area contributed by atoms with Crippen LogP contribution < -0.4 is 4.90 Å². The van der Waals surface area contributed by atoms with Crippen molar-refractivity contribution in [2.75, 3.05) is 24.5 Å². The maximum atomic E-state index is 13.3. The van der Waals surface area contributed by atoms with E-state index in [-0.39, 0.29) is 11.7 Å². The Bertz CT molecular complexity index is 741. The molecule has 3 heterocycles. The number of rotatable bonds is 2. The number of carbonyl (C=O) groups is 1. The molecule has 0 spiro atoms. The molecule has 0 saturated carbocycles. The third-order valence-corrected chi connectivity index (χ3v) is 6.01. The molecule has 0 radical (unpaired) electrons. The van der Waals surface area contributed by atoms with E-state index in [4.69, 9.17) is 0 Å². The molecule has 4 rings (SSSR count). The fraction of sp³-hybridized carbons (Fsp3) is 0.529. The van der Waals surface area contributed by atoms with E-state index >= 15 is 0 Å². The van der Waals surface area contributed by atoms with Gasteiger partial charge in [0.2, 0.25) is 5.91 Å². The summed E-state index contributed by atoms with van der Waals surface area (Å²) in [4.78, 5) is 21.3. The Morgan fingerprint density at radius 2 is 2.17 bits per heavy atom. The van der Waals surface area contributed by atoms with E-state index in [1.165, 1.54) is 29.9 Å². The molecule has 0 N–H and O–H groups in total. The maximum absolute atomic E-state index is 13.3. The van der Waals surface area contributed by atoms with Crippen molar-refractivity contribution in [2.24, 2.45) is 5.92 Å². The Hall–Kier alpha value is -1.69. The van der Waals surface area contributed by atoms with E-state index in [1.54, 1.807) is 6.07 Å². The van der Waals surface area contributed by atoms with Crippen LogP contribution in [-0.2, 0) is 4.79 Å². The van der Waals surface area contributed by atoms with Gasteiger partial charge in [0, 0.05) is 25.7 Å². The molecule has 0 bridgehead atoms. The van der Waals surface area contributed by atoms with Crippen molar-refractivity contribution in [1.82, 2.24) is 9.88 Å². The number of nitrogens with zero attached hydrogens (tertiary/aromatic N) is 3. The lowest BCUT2D eigenvalue weighted by Crippen LogP contribution is -2.56. The first kappa shape index (κ1) is 14.9. The highest BCUT2D eigenvalue weighted by atomic mass is 32.1. The highest BCUT2D eigenvalue weighted by Crippen LogP contribution is 2.34. The molecular weight excluding hydrogens is 313 g/mol. The number of likely N-dealkylation sites (tertiary alicyclic amines) is 1. The van der Waals surface area contributed by atoms with Gasteiger partial charge in [0.15, 0.2) is 5.13 Å². The third-order valence-electron chi connectivity index (χ3n) is 4.93. The number of benzene rings is 1. The van der Waals surface area contributed by atoms with Crippen molar-refractivity contribution >= 4 is 32.6 Å². The summed E-state index contributed by atoms with van der Waals surface area (Å²) < 4.78 is 14.1. The van der Waals surface area contributed by atoms with Crippen LogP contribution in [0, 0.1) is 11.7 Å². The number of carbonyl (C=O) groups excluding carboxylic acids is 1. The summed E-state index contributed by atoms with van der Waals surface area (Å²) in [5.74, 6) is 0.142. The van der Waals surface area contributed by atoms with Crippen LogP contribution in [-0.4, -0.2) is 41.5 Å². The van der Waals surface area contributed by atoms with Gasteiger partial charge in [0.05, 0.1) is 16.1 Å². The molecule has 2 aliphatic heterocycles. The minimum absolute atomic E-state index is 0.0827. The first-order chi connectivity index (χ1) is 11.1. The maximum Gasteiger partial charge on any atom is 0.229 e. The van der Waals surface area contributed by atoms with Gasteiger partial charge in [-0.15, -0.1) is 0 Å². The van der Waals surface area contributed by atoms with E-state index in [2.05, 4.69) is 21.7 Å². The topological polar surface area (TPSA) is 36.4 Å². The zero-order chi connectivity index (χ0) is 16.0. The highest BCUT2D eigenvalue weighted by Gasteiger charge is 2.38. The molecular formula is C17H20FN3OS. The van der Waals surface area contributed by atoms with Gasteiger partial charge >= 0.3 is 0 Å². The van der Waals surface area contributed by atoms with Crippen molar-refractivity contribution in [3.8, 4) is 0 Å². The number of halogens is 1. The lowest BCUT2D eigenvalue weighted by Gasteiger charge is -2.43. The number of thiazole rings is 1. The summed E-state index contributed by atoms with van der Waals surface area (Å²) in [6, 6.07) is 5.04. The zero-order valence-corrected chi connectivity index (χ0v) is 14.0. The molecule has 23 heavy (non-hydrogen) atoms. The minimum atomic E-state index is -0.233. The first-order valence-corrected chi connectivity index (χ1v) is 9.05. The number of fused-ring (bicyclic) bond motifs is 1. The van der Waals surface area contributed by atoms with Crippen LogP contribution in [0.1, 0.15) is 26.2 Å². The fourth-order valence-corrected chi connectivity index (χ4v) is 4.48. The van der Waals surface area contributed by atoms with Gasteiger partial charge < -0.3 is 9.80 Å². The second kappa shape index (κ2) is 5.74. The van der Waals surface area contributed by atoms with Gasteiger partial charge in [-0.2, -0.15) is 0 Å². The van der Waals surface area contributed by atoms with Crippen molar-refractivity contribution in [2.45, 2.75) is 32.2 Å². The molecule has 4 nitrogen and oxygen atoms in total. The highest BCUT2D eigenvalue weighted by molar-refractivity contribution is 7.22. The monoisotopic (exact) mass is 333 g/mol. The Balaban J connectivity index is 1.43. The summed E-state index contributed by atoms with van der Waals surface area (Å²) in [6.45, 7) is 4.50. The van der Waals surface area contributed by atoms with Crippen LogP contribution in [0.4, 0.5) is 9.52 Å². The first-order valence-electron chi connectivity index (χ1n) is 8.23. The molecule has 1 unspecified atom stereocenters. The largest absolute Gasteiger partial charge is 0.346 e. The van der Waals surface area contributed by atoms with Crippen LogP contribution in [0.2, 0.25) is 0 Å². The van der Waals surface area contributed by atoms with E-state index in [1.807, 2.05) is 0 Å². The number of amides is 1. The van der Waals surface area contributed by atoms with E-state index < -0.39 is 0 Å². The summed E-state index contributed by atoms with van der Waals surface area (Å²) in [6.07, 6.45) is 3.46. The van der Waals surface area contributed by atoms with Crippen molar-refractivity contribution in [1.29, 1.82) is 0 Å². The second-order valence-electron chi connectivity index (χ2n) is 6.59. The van der Waals surface area contributed by atoms with Gasteiger partial charge in [-0.05, 0) is 44.4 Å². The van der Waals surface area contributed by atoms with Gasteiger partial charge in [0.1, 0.15) is 5.82 Å². The Morgan fingerprint density at radius 1 is 1.35 bits per heavy atom. The molecule has 1 aromatic carbocycles. The van der Waals surface area contributed by atoms with E-state index in [0.29, 0.717) is 11.9 Å². The summed E-state index contributed by atoms with van der Waals surface area (Å²) in [7, 11) is 0. The third kappa shape index (κ3) is 2.69. The molecule has 122 valence electrons. The Morgan fingerprint density at radius 3 is 2.96 bits per heavy atom. The standard InChI is InChI=1S/C17H20FN3OS/c1-11-4-2-3-7-21(11)16(22)12-9-20(10-12)17-19-14-6-5-13(18)8-15(14)23-17/h5-6,8,11-12H,2-4,7,9-10H2,1H3. The number of hydrogen-bond acceptors (Lipinski definition) is 4. The van der Waals surface area contributed by atoms with Crippen molar-refractivity contribution < 1.29 is 9.18 Å². The average molecular weight is 333 g/mol. The number of hydrogen-bond donors (Lipinski definition) is 0. The quantitative estimate of drug-likeness (QED) is 0.846. The zero-order valence-electron chi connectivity index (χ0n) is 13.2. The minimum Gasteiger partial charge on any atom is -0.346 e. The fourth-order valence-electron chi connectivity index (χ4n) is 3.47. The molecule has 2 saturated heterocycles. The van der Waals surface area contributed by atoms with Crippen LogP contribution >= 0.6 is 11.3 Å². The number of piperidine rings is 1. The van der Waals surface area contributed by atoms with Crippen LogP contribution in [0.25, 0.3) is 10.2 Å². The summed E-state index contributed by atoms with van der Waals surface area (Å²) in [5.41, 5.74) is 0.825. The Labute approximate surface area is 138 Å². The van der Waals surface area contributed by atoms with Crippen LogP contribution in [0.3, 0.4) is 0 Å². The molecule has 2 aromatic rings. The lowest BCUT2D eigenvalue weighted by atomic mass is 9.95. The van der Waals surface area contributed by atoms with Crippen LogP contribution in [0.15, 0.2) is 18.2 Å². The molecule has 2 aliphatic rings. The molecule has 0 aliphatic carbocycles. The smallest absolute Gasteiger partial charge is 0.229 e. The Kier molecular flexibility index (Phi) is 3.71. The number of aromatic nitrogens is 1.